The van der Waals surface area contributed by atoms with Crippen molar-refractivity contribution >= 4 is 33.4 Å². The van der Waals surface area contributed by atoms with Gasteiger partial charge in [-0.15, -0.1) is 0 Å². The Balaban J connectivity index is 2.15. The summed E-state index contributed by atoms with van der Waals surface area (Å²) >= 11 is 6.23. The van der Waals surface area contributed by atoms with E-state index in [2.05, 4.69) is 10.9 Å². The maximum atomic E-state index is 12.7. The van der Waals surface area contributed by atoms with Gasteiger partial charge in [-0.2, -0.15) is 4.31 Å². The second kappa shape index (κ2) is 11.9. The van der Waals surface area contributed by atoms with Gasteiger partial charge in [-0.25, -0.2) is 8.42 Å². The van der Waals surface area contributed by atoms with E-state index in [1.807, 2.05) is 6.92 Å². The van der Waals surface area contributed by atoms with E-state index in [9.17, 15) is 18.0 Å². The Morgan fingerprint density at radius 1 is 1.00 bits per heavy atom. The van der Waals surface area contributed by atoms with E-state index in [4.69, 9.17) is 21.1 Å². The van der Waals surface area contributed by atoms with Crippen LogP contribution in [0.15, 0.2) is 41.3 Å². The van der Waals surface area contributed by atoms with Crippen LogP contribution < -0.4 is 20.3 Å². The number of benzene rings is 2. The zero-order valence-electron chi connectivity index (χ0n) is 19.0. The van der Waals surface area contributed by atoms with Crippen LogP contribution in [0.1, 0.15) is 47.9 Å². The normalized spacial score (nSPS) is 11.2. The Morgan fingerprint density at radius 3 is 2.21 bits per heavy atom. The fourth-order valence-corrected chi connectivity index (χ4v) is 4.73. The van der Waals surface area contributed by atoms with Gasteiger partial charge in [0.05, 0.1) is 23.6 Å². The maximum Gasteiger partial charge on any atom is 0.269 e. The standard InChI is InChI=1S/C22H28ClN3O6S/c1-5-11-32-20-18(23)13-16(14-19(20)31-4)22(28)25-24-21(27)15-9-8-10-17(12-15)33(29,30)26(6-2)7-3/h8-10,12-14H,5-7,11H2,1-4H3,(H,24,27)(H,25,28). The number of nitrogens with one attached hydrogen (secondary N) is 2. The van der Waals surface area contributed by atoms with E-state index in [-0.39, 0.29) is 26.8 Å². The van der Waals surface area contributed by atoms with Crippen molar-refractivity contribution in [3.8, 4) is 11.5 Å². The molecule has 2 aromatic carbocycles. The number of ether oxygens (including phenoxy) is 2. The zero-order valence-corrected chi connectivity index (χ0v) is 20.5. The van der Waals surface area contributed by atoms with Crippen molar-refractivity contribution in [1.29, 1.82) is 0 Å². The number of amides is 2. The average Bonchev–Trinajstić information content (AvgIpc) is 2.81. The predicted octanol–water partition coefficient (Wildman–Crippen LogP) is 3.24. The van der Waals surface area contributed by atoms with Crippen molar-refractivity contribution < 1.29 is 27.5 Å². The first-order valence-corrected chi connectivity index (χ1v) is 12.2. The second-order valence-corrected chi connectivity index (χ2v) is 9.21. The molecular formula is C22H28ClN3O6S. The maximum absolute atomic E-state index is 12.7. The molecule has 0 aromatic heterocycles. The number of methoxy groups -OCH3 is 1. The molecule has 0 aliphatic heterocycles. The van der Waals surface area contributed by atoms with Crippen LogP contribution >= 0.6 is 11.6 Å². The van der Waals surface area contributed by atoms with Crippen LogP contribution in [0, 0.1) is 0 Å². The summed E-state index contributed by atoms with van der Waals surface area (Å²) in [4.78, 5) is 25.1. The summed E-state index contributed by atoms with van der Waals surface area (Å²) in [5.41, 5.74) is 4.77. The number of hydrogen-bond acceptors (Lipinski definition) is 6. The fraction of sp³-hybridized carbons (Fsp3) is 0.364. The first kappa shape index (κ1) is 26.4. The lowest BCUT2D eigenvalue weighted by molar-refractivity contribution is 0.0846. The predicted molar refractivity (Wildman–Crippen MR) is 125 cm³/mol. The molecule has 2 N–H and O–H groups in total. The van der Waals surface area contributed by atoms with Gasteiger partial charge in [0.2, 0.25) is 10.0 Å². The van der Waals surface area contributed by atoms with Crippen molar-refractivity contribution in [3.63, 3.8) is 0 Å². The monoisotopic (exact) mass is 497 g/mol. The molecule has 2 aromatic rings. The molecule has 0 aliphatic carbocycles. The lowest BCUT2D eigenvalue weighted by Gasteiger charge is -2.18. The third-order valence-corrected chi connectivity index (χ3v) is 7.00. The first-order valence-electron chi connectivity index (χ1n) is 10.4. The highest BCUT2D eigenvalue weighted by Crippen LogP contribution is 2.36. The largest absolute Gasteiger partial charge is 0.493 e. The molecule has 0 radical (unpaired) electrons. The molecule has 0 heterocycles. The van der Waals surface area contributed by atoms with E-state index in [1.54, 1.807) is 13.8 Å². The Kier molecular flexibility index (Phi) is 9.51. The number of carbonyl (C=O) groups excluding carboxylic acids is 2. The van der Waals surface area contributed by atoms with Gasteiger partial charge in [-0.3, -0.25) is 20.4 Å². The molecule has 0 unspecified atom stereocenters. The summed E-state index contributed by atoms with van der Waals surface area (Å²) < 4.78 is 37.5. The lowest BCUT2D eigenvalue weighted by Crippen LogP contribution is -2.41. The number of hydrazine groups is 1. The van der Waals surface area contributed by atoms with E-state index in [0.717, 1.165) is 6.42 Å². The molecular weight excluding hydrogens is 470 g/mol. The van der Waals surface area contributed by atoms with E-state index in [1.165, 1.54) is 47.8 Å². The smallest absolute Gasteiger partial charge is 0.269 e. The summed E-state index contributed by atoms with van der Waals surface area (Å²) in [6.07, 6.45) is 0.769. The molecule has 0 fully saturated rings. The average molecular weight is 498 g/mol. The van der Waals surface area contributed by atoms with Gasteiger partial charge in [-0.05, 0) is 36.8 Å². The van der Waals surface area contributed by atoms with E-state index >= 15 is 0 Å². The van der Waals surface area contributed by atoms with Gasteiger partial charge < -0.3 is 9.47 Å². The molecule has 11 heteroatoms. The van der Waals surface area contributed by atoms with Crippen molar-refractivity contribution in [2.75, 3.05) is 26.8 Å². The van der Waals surface area contributed by atoms with E-state index in [0.29, 0.717) is 25.4 Å². The molecule has 33 heavy (non-hydrogen) atoms. The van der Waals surface area contributed by atoms with E-state index < -0.39 is 21.8 Å². The SMILES string of the molecule is CCCOc1c(Cl)cc(C(=O)NNC(=O)c2cccc(S(=O)(=O)N(CC)CC)c2)cc1OC. The number of rotatable bonds is 10. The Labute approximate surface area is 199 Å². The van der Waals surface area contributed by atoms with Gasteiger partial charge in [0.1, 0.15) is 0 Å². The quantitative estimate of drug-likeness (QED) is 0.487. The van der Waals surface area contributed by atoms with Crippen molar-refractivity contribution in [1.82, 2.24) is 15.2 Å². The van der Waals surface area contributed by atoms with Crippen molar-refractivity contribution in [3.05, 3.63) is 52.5 Å². The van der Waals surface area contributed by atoms with Crippen LogP contribution in [0.25, 0.3) is 0 Å². The molecule has 2 rings (SSSR count). The van der Waals surface area contributed by atoms with Crippen LogP contribution in [-0.4, -0.2) is 51.3 Å². The summed E-state index contributed by atoms with van der Waals surface area (Å²) in [6, 6.07) is 8.42. The lowest BCUT2D eigenvalue weighted by atomic mass is 10.2. The molecule has 0 bridgehead atoms. The van der Waals surface area contributed by atoms with Crippen LogP contribution in [0.4, 0.5) is 0 Å². The van der Waals surface area contributed by atoms with Crippen molar-refractivity contribution in [2.45, 2.75) is 32.1 Å². The summed E-state index contributed by atoms with van der Waals surface area (Å²) in [6.45, 7) is 6.45. The molecule has 2 amide bonds. The van der Waals surface area contributed by atoms with Gasteiger partial charge in [0, 0.05) is 24.2 Å². The summed E-state index contributed by atoms with van der Waals surface area (Å²) in [7, 11) is -2.31. The Bertz CT molecular complexity index is 1100. The van der Waals surface area contributed by atoms with Gasteiger partial charge in [0.15, 0.2) is 11.5 Å². The van der Waals surface area contributed by atoms with Gasteiger partial charge in [0.25, 0.3) is 11.8 Å². The second-order valence-electron chi connectivity index (χ2n) is 6.86. The van der Waals surface area contributed by atoms with Gasteiger partial charge >= 0.3 is 0 Å². The highest BCUT2D eigenvalue weighted by molar-refractivity contribution is 7.89. The summed E-state index contributed by atoms with van der Waals surface area (Å²) in [5, 5.41) is 0.189. The third kappa shape index (κ3) is 6.37. The Morgan fingerprint density at radius 2 is 1.64 bits per heavy atom. The van der Waals surface area contributed by atoms with Crippen LogP contribution in [0.3, 0.4) is 0 Å². The molecule has 0 saturated carbocycles. The molecule has 9 nitrogen and oxygen atoms in total. The van der Waals surface area contributed by atoms with Crippen LogP contribution in [0.5, 0.6) is 11.5 Å². The van der Waals surface area contributed by atoms with Gasteiger partial charge in [-0.1, -0.05) is 38.4 Å². The molecule has 0 aliphatic rings. The number of nitrogens with zero attached hydrogens (tertiary/aromatic N) is 1. The number of carbonyl (C=O) groups is 2. The van der Waals surface area contributed by atoms with Crippen LogP contribution in [0.2, 0.25) is 5.02 Å². The summed E-state index contributed by atoms with van der Waals surface area (Å²) in [5.74, 6) is -0.715. The topological polar surface area (TPSA) is 114 Å². The third-order valence-electron chi connectivity index (χ3n) is 4.67. The highest BCUT2D eigenvalue weighted by atomic mass is 35.5. The zero-order chi connectivity index (χ0) is 24.6. The number of hydrogen-bond donors (Lipinski definition) is 2. The minimum atomic E-state index is -3.73. The molecule has 0 atom stereocenters. The first-order chi connectivity index (χ1) is 15.7. The molecule has 0 spiro atoms. The molecule has 180 valence electrons. The minimum absolute atomic E-state index is 0.00985. The van der Waals surface area contributed by atoms with Crippen LogP contribution in [-0.2, 0) is 10.0 Å². The highest BCUT2D eigenvalue weighted by Gasteiger charge is 2.23. The number of halogens is 1. The van der Waals surface area contributed by atoms with Crippen molar-refractivity contribution in [2.24, 2.45) is 0 Å². The Hall–Kier alpha value is -2.82. The number of sulfonamides is 1. The minimum Gasteiger partial charge on any atom is -0.493 e. The fourth-order valence-electron chi connectivity index (χ4n) is 2.96. The molecule has 0 saturated heterocycles.